The van der Waals surface area contributed by atoms with E-state index in [2.05, 4.69) is 24.3 Å². The summed E-state index contributed by atoms with van der Waals surface area (Å²) >= 11 is 0. The second kappa shape index (κ2) is 4.30. The minimum Gasteiger partial charge on any atom is -0.490 e. The van der Waals surface area contributed by atoms with E-state index in [0.717, 1.165) is 12.4 Å². The van der Waals surface area contributed by atoms with Gasteiger partial charge in [0.05, 0.1) is 6.61 Å². The van der Waals surface area contributed by atoms with Crippen molar-refractivity contribution in [3.05, 3.63) is 35.9 Å². The van der Waals surface area contributed by atoms with Crippen LogP contribution < -0.4 is 4.74 Å². The zero-order chi connectivity index (χ0) is 10.8. The molecule has 16 heavy (non-hydrogen) atoms. The standard InChI is InChI=1S/C14H16O2/c1-2-6-11(5-1)13-7-3-4-8-14(13)16-10-12-9-15-12/h3-5,7-8,12H,1-2,6,9-10H2. The highest BCUT2D eigenvalue weighted by Gasteiger charge is 2.23. The molecule has 2 nitrogen and oxygen atoms in total. The molecular formula is C14H16O2. The summed E-state index contributed by atoms with van der Waals surface area (Å²) in [5.41, 5.74) is 2.70. The Morgan fingerprint density at radius 1 is 1.31 bits per heavy atom. The third-order valence-corrected chi connectivity index (χ3v) is 3.10. The average Bonchev–Trinajstić information content (AvgIpc) is 3.00. The number of ether oxygens (including phenoxy) is 2. The fourth-order valence-electron chi connectivity index (χ4n) is 2.12. The van der Waals surface area contributed by atoms with Crippen LogP contribution in [0.1, 0.15) is 24.8 Å². The first-order valence-electron chi connectivity index (χ1n) is 5.96. The molecule has 0 N–H and O–H groups in total. The largest absolute Gasteiger partial charge is 0.490 e. The molecule has 1 unspecified atom stereocenters. The summed E-state index contributed by atoms with van der Waals surface area (Å²) < 4.78 is 11.0. The summed E-state index contributed by atoms with van der Waals surface area (Å²) in [6.45, 7) is 1.54. The van der Waals surface area contributed by atoms with Crippen LogP contribution in [0.2, 0.25) is 0 Å². The normalized spacial score (nSPS) is 23.0. The zero-order valence-electron chi connectivity index (χ0n) is 9.32. The van der Waals surface area contributed by atoms with Crippen LogP contribution in [0.5, 0.6) is 5.75 Å². The quantitative estimate of drug-likeness (QED) is 0.721. The molecule has 1 heterocycles. The van der Waals surface area contributed by atoms with E-state index in [1.54, 1.807) is 0 Å². The second-order valence-electron chi connectivity index (χ2n) is 4.38. The van der Waals surface area contributed by atoms with Gasteiger partial charge in [-0.25, -0.2) is 0 Å². The summed E-state index contributed by atoms with van der Waals surface area (Å²) in [6, 6.07) is 8.31. The van der Waals surface area contributed by atoms with Crippen molar-refractivity contribution in [3.63, 3.8) is 0 Å². The van der Waals surface area contributed by atoms with Gasteiger partial charge in [-0.05, 0) is 30.9 Å². The third kappa shape index (κ3) is 2.12. The summed E-state index contributed by atoms with van der Waals surface area (Å²) in [5.74, 6) is 1.01. The summed E-state index contributed by atoms with van der Waals surface area (Å²) in [6.07, 6.45) is 6.31. The Morgan fingerprint density at radius 3 is 2.94 bits per heavy atom. The van der Waals surface area contributed by atoms with E-state index in [1.807, 2.05) is 6.07 Å². The number of rotatable bonds is 4. The van der Waals surface area contributed by atoms with Crippen molar-refractivity contribution in [2.75, 3.05) is 13.2 Å². The van der Waals surface area contributed by atoms with Crippen molar-refractivity contribution in [3.8, 4) is 5.75 Å². The van der Waals surface area contributed by atoms with Crippen LogP contribution in [0.3, 0.4) is 0 Å². The van der Waals surface area contributed by atoms with Crippen LogP contribution in [-0.4, -0.2) is 19.3 Å². The van der Waals surface area contributed by atoms with E-state index in [-0.39, 0.29) is 0 Å². The fraction of sp³-hybridized carbons (Fsp3) is 0.429. The van der Waals surface area contributed by atoms with Gasteiger partial charge in [0.15, 0.2) is 0 Å². The minimum atomic E-state index is 0.325. The van der Waals surface area contributed by atoms with Gasteiger partial charge in [-0.15, -0.1) is 0 Å². The maximum atomic E-state index is 5.81. The van der Waals surface area contributed by atoms with E-state index in [4.69, 9.17) is 9.47 Å². The molecule has 0 radical (unpaired) electrons. The first kappa shape index (κ1) is 9.91. The molecule has 0 saturated carbocycles. The zero-order valence-corrected chi connectivity index (χ0v) is 9.32. The van der Waals surface area contributed by atoms with Crippen LogP contribution in [0.4, 0.5) is 0 Å². The van der Waals surface area contributed by atoms with Gasteiger partial charge >= 0.3 is 0 Å². The fourth-order valence-corrected chi connectivity index (χ4v) is 2.12. The molecule has 2 heteroatoms. The maximum absolute atomic E-state index is 5.81. The molecule has 0 aromatic heterocycles. The van der Waals surface area contributed by atoms with E-state index in [9.17, 15) is 0 Å². The molecule has 3 rings (SSSR count). The smallest absolute Gasteiger partial charge is 0.126 e. The van der Waals surface area contributed by atoms with Crippen molar-refractivity contribution in [2.45, 2.75) is 25.4 Å². The Labute approximate surface area is 95.9 Å². The lowest BCUT2D eigenvalue weighted by Crippen LogP contribution is -2.05. The van der Waals surface area contributed by atoms with E-state index in [1.165, 1.54) is 30.4 Å². The van der Waals surface area contributed by atoms with Crippen LogP contribution in [0.15, 0.2) is 30.3 Å². The lowest BCUT2D eigenvalue weighted by molar-refractivity contribution is 0.262. The number of allylic oxidation sites excluding steroid dienone is 2. The van der Waals surface area contributed by atoms with Crippen LogP contribution in [0.25, 0.3) is 5.57 Å². The molecule has 1 atom stereocenters. The van der Waals surface area contributed by atoms with Crippen molar-refractivity contribution in [1.29, 1.82) is 0 Å². The predicted molar refractivity (Wildman–Crippen MR) is 63.5 cm³/mol. The van der Waals surface area contributed by atoms with Crippen LogP contribution in [0, 0.1) is 0 Å². The molecule has 0 amide bonds. The Hall–Kier alpha value is -1.28. The molecule has 1 saturated heterocycles. The molecule has 1 aromatic rings. The average molecular weight is 216 g/mol. The van der Waals surface area contributed by atoms with Gasteiger partial charge in [0.25, 0.3) is 0 Å². The van der Waals surface area contributed by atoms with Gasteiger partial charge in [0, 0.05) is 5.56 Å². The molecule has 0 bridgehead atoms. The highest BCUT2D eigenvalue weighted by molar-refractivity contribution is 5.71. The van der Waals surface area contributed by atoms with Crippen LogP contribution in [-0.2, 0) is 4.74 Å². The SMILES string of the molecule is C1=C(c2ccccc2OCC2CO2)CCC1. The maximum Gasteiger partial charge on any atom is 0.126 e. The first-order valence-corrected chi connectivity index (χ1v) is 5.96. The van der Waals surface area contributed by atoms with E-state index in [0.29, 0.717) is 12.7 Å². The Morgan fingerprint density at radius 2 is 2.19 bits per heavy atom. The molecule has 1 aromatic carbocycles. The molecule has 2 aliphatic rings. The van der Waals surface area contributed by atoms with Crippen molar-refractivity contribution in [2.24, 2.45) is 0 Å². The van der Waals surface area contributed by atoms with Gasteiger partial charge in [0.1, 0.15) is 18.5 Å². The molecule has 84 valence electrons. The van der Waals surface area contributed by atoms with Gasteiger partial charge in [-0.3, -0.25) is 0 Å². The Balaban J connectivity index is 1.78. The van der Waals surface area contributed by atoms with Crippen molar-refractivity contribution < 1.29 is 9.47 Å². The lowest BCUT2D eigenvalue weighted by atomic mass is 10.0. The van der Waals surface area contributed by atoms with Crippen LogP contribution >= 0.6 is 0 Å². The van der Waals surface area contributed by atoms with Gasteiger partial charge in [-0.2, -0.15) is 0 Å². The molecule has 1 aliphatic heterocycles. The highest BCUT2D eigenvalue weighted by Crippen LogP contribution is 2.33. The number of para-hydroxylation sites is 1. The topological polar surface area (TPSA) is 21.8 Å². The molecule has 1 fully saturated rings. The summed E-state index contributed by atoms with van der Waals surface area (Å²) in [4.78, 5) is 0. The second-order valence-corrected chi connectivity index (χ2v) is 4.38. The number of epoxide rings is 1. The molecule has 0 spiro atoms. The first-order chi connectivity index (χ1) is 7.93. The third-order valence-electron chi connectivity index (χ3n) is 3.10. The van der Waals surface area contributed by atoms with Crippen molar-refractivity contribution in [1.82, 2.24) is 0 Å². The van der Waals surface area contributed by atoms with Crippen molar-refractivity contribution >= 4 is 5.57 Å². The van der Waals surface area contributed by atoms with E-state index < -0.39 is 0 Å². The Bertz CT molecular complexity index is 405. The minimum absolute atomic E-state index is 0.325. The predicted octanol–water partition coefficient (Wildman–Crippen LogP) is 3.03. The number of hydrogen-bond acceptors (Lipinski definition) is 2. The highest BCUT2D eigenvalue weighted by atomic mass is 16.6. The van der Waals surface area contributed by atoms with E-state index >= 15 is 0 Å². The molecular weight excluding hydrogens is 200 g/mol. The Kier molecular flexibility index (Phi) is 2.66. The van der Waals surface area contributed by atoms with Gasteiger partial charge in [0.2, 0.25) is 0 Å². The van der Waals surface area contributed by atoms with Gasteiger partial charge in [-0.1, -0.05) is 24.3 Å². The number of benzene rings is 1. The summed E-state index contributed by atoms with van der Waals surface area (Å²) in [7, 11) is 0. The van der Waals surface area contributed by atoms with Gasteiger partial charge < -0.3 is 9.47 Å². The number of hydrogen-bond donors (Lipinski definition) is 0. The monoisotopic (exact) mass is 216 g/mol. The lowest BCUT2D eigenvalue weighted by Gasteiger charge is -2.11. The summed E-state index contributed by atoms with van der Waals surface area (Å²) in [5, 5.41) is 0. The molecule has 1 aliphatic carbocycles.